The highest BCUT2D eigenvalue weighted by molar-refractivity contribution is 5.92. The number of nitrogen functional groups attached to an aromatic ring is 1. The lowest BCUT2D eigenvalue weighted by Gasteiger charge is -2.30. The van der Waals surface area contributed by atoms with Gasteiger partial charge >= 0.3 is 5.97 Å². The molecule has 2 rings (SSSR count). The standard InChI is InChI=1S/C16H24N2O2/c1-3-20-16(19)13-8-9-14(17)15(11-13)18-10-6-4-5-7-12(18)2/h8-9,11-12H,3-7,10,17H2,1-2H3. The van der Waals surface area contributed by atoms with E-state index in [-0.39, 0.29) is 5.97 Å². The zero-order valence-corrected chi connectivity index (χ0v) is 12.4. The van der Waals surface area contributed by atoms with Gasteiger partial charge in [-0.3, -0.25) is 0 Å². The fourth-order valence-electron chi connectivity index (χ4n) is 2.77. The fraction of sp³-hybridized carbons (Fsp3) is 0.562. The maximum Gasteiger partial charge on any atom is 0.338 e. The molecule has 4 heteroatoms. The molecule has 1 aliphatic heterocycles. The van der Waals surface area contributed by atoms with Crippen molar-refractivity contribution in [2.45, 2.75) is 45.6 Å². The van der Waals surface area contributed by atoms with Crippen LogP contribution in [0.3, 0.4) is 0 Å². The van der Waals surface area contributed by atoms with Gasteiger partial charge in [-0.2, -0.15) is 0 Å². The zero-order chi connectivity index (χ0) is 14.5. The second-order valence-corrected chi connectivity index (χ2v) is 5.39. The van der Waals surface area contributed by atoms with Crippen LogP contribution >= 0.6 is 0 Å². The number of nitrogens with two attached hydrogens (primary N) is 1. The number of carbonyl (C=O) groups excluding carboxylic acids is 1. The van der Waals surface area contributed by atoms with Crippen molar-refractivity contribution in [3.8, 4) is 0 Å². The van der Waals surface area contributed by atoms with Crippen molar-refractivity contribution < 1.29 is 9.53 Å². The first-order chi connectivity index (χ1) is 9.63. The summed E-state index contributed by atoms with van der Waals surface area (Å²) in [6.45, 7) is 5.42. The number of hydrogen-bond donors (Lipinski definition) is 1. The molecule has 0 aliphatic carbocycles. The fourth-order valence-corrected chi connectivity index (χ4v) is 2.77. The minimum absolute atomic E-state index is 0.281. The Hall–Kier alpha value is -1.71. The molecule has 1 saturated heterocycles. The second kappa shape index (κ2) is 6.64. The van der Waals surface area contributed by atoms with E-state index in [4.69, 9.17) is 10.5 Å². The molecule has 1 atom stereocenters. The third-order valence-corrected chi connectivity index (χ3v) is 3.90. The van der Waals surface area contributed by atoms with E-state index < -0.39 is 0 Å². The minimum atomic E-state index is -0.281. The van der Waals surface area contributed by atoms with Crippen LogP contribution in [-0.4, -0.2) is 25.2 Å². The van der Waals surface area contributed by atoms with Gasteiger partial charge in [-0.15, -0.1) is 0 Å². The second-order valence-electron chi connectivity index (χ2n) is 5.39. The van der Waals surface area contributed by atoms with Crippen molar-refractivity contribution >= 4 is 17.3 Å². The van der Waals surface area contributed by atoms with Gasteiger partial charge in [0.2, 0.25) is 0 Å². The number of anilines is 2. The normalized spacial score (nSPS) is 19.5. The molecule has 1 fully saturated rings. The monoisotopic (exact) mass is 276 g/mol. The van der Waals surface area contributed by atoms with Crippen molar-refractivity contribution in [3.05, 3.63) is 23.8 Å². The minimum Gasteiger partial charge on any atom is -0.462 e. The third kappa shape index (κ3) is 3.24. The summed E-state index contributed by atoms with van der Waals surface area (Å²) in [6.07, 6.45) is 4.87. The molecule has 2 N–H and O–H groups in total. The highest BCUT2D eigenvalue weighted by Crippen LogP contribution is 2.30. The molecule has 1 aromatic rings. The van der Waals surface area contributed by atoms with E-state index in [1.807, 2.05) is 13.0 Å². The Balaban J connectivity index is 2.29. The number of ether oxygens (including phenoxy) is 1. The molecule has 0 spiro atoms. The van der Waals surface area contributed by atoms with Gasteiger partial charge in [0.1, 0.15) is 0 Å². The molecule has 4 nitrogen and oxygen atoms in total. The molecule has 0 radical (unpaired) electrons. The molecule has 0 bridgehead atoms. The number of esters is 1. The summed E-state index contributed by atoms with van der Waals surface area (Å²) in [5.74, 6) is -0.281. The van der Waals surface area contributed by atoms with Crippen molar-refractivity contribution in [2.24, 2.45) is 0 Å². The lowest BCUT2D eigenvalue weighted by Crippen LogP contribution is -2.33. The lowest BCUT2D eigenvalue weighted by atomic mass is 10.1. The average Bonchev–Trinajstić information content (AvgIpc) is 2.64. The van der Waals surface area contributed by atoms with Crippen molar-refractivity contribution in [1.82, 2.24) is 0 Å². The molecule has 1 unspecified atom stereocenters. The predicted octanol–water partition coefficient (Wildman–Crippen LogP) is 3.21. The summed E-state index contributed by atoms with van der Waals surface area (Å²) in [5, 5.41) is 0. The first-order valence-electron chi connectivity index (χ1n) is 7.46. The van der Waals surface area contributed by atoms with Crippen molar-refractivity contribution in [3.63, 3.8) is 0 Å². The summed E-state index contributed by atoms with van der Waals surface area (Å²) >= 11 is 0. The molecule has 110 valence electrons. The Morgan fingerprint density at radius 2 is 2.20 bits per heavy atom. The first kappa shape index (κ1) is 14.7. The first-order valence-corrected chi connectivity index (χ1v) is 7.46. The van der Waals surface area contributed by atoms with Gasteiger partial charge in [-0.05, 0) is 44.9 Å². The van der Waals surface area contributed by atoms with E-state index in [0.717, 1.165) is 17.9 Å². The summed E-state index contributed by atoms with van der Waals surface area (Å²) in [5.41, 5.74) is 8.38. The molecule has 0 aromatic heterocycles. The number of rotatable bonds is 3. The van der Waals surface area contributed by atoms with E-state index in [0.29, 0.717) is 18.2 Å². The van der Waals surface area contributed by atoms with Crippen LogP contribution in [0.15, 0.2) is 18.2 Å². The Morgan fingerprint density at radius 1 is 1.40 bits per heavy atom. The molecule has 1 aromatic carbocycles. The van der Waals surface area contributed by atoms with Crippen LogP contribution in [-0.2, 0) is 4.74 Å². The quantitative estimate of drug-likeness (QED) is 0.680. The number of carbonyl (C=O) groups is 1. The van der Waals surface area contributed by atoms with Gasteiger partial charge in [0.25, 0.3) is 0 Å². The molecular formula is C16H24N2O2. The number of nitrogens with zero attached hydrogens (tertiary/aromatic N) is 1. The number of benzene rings is 1. The largest absolute Gasteiger partial charge is 0.462 e. The molecular weight excluding hydrogens is 252 g/mol. The van der Waals surface area contributed by atoms with Gasteiger partial charge in [0, 0.05) is 12.6 Å². The average molecular weight is 276 g/mol. The van der Waals surface area contributed by atoms with Gasteiger partial charge in [-0.25, -0.2) is 4.79 Å². The van der Waals surface area contributed by atoms with E-state index in [2.05, 4.69) is 11.8 Å². The SMILES string of the molecule is CCOC(=O)c1ccc(N)c(N2CCCCCC2C)c1. The molecule has 1 aliphatic rings. The van der Waals surface area contributed by atoms with Crippen molar-refractivity contribution in [2.75, 3.05) is 23.8 Å². The van der Waals surface area contributed by atoms with E-state index in [1.54, 1.807) is 12.1 Å². The topological polar surface area (TPSA) is 55.6 Å². The Kier molecular flexibility index (Phi) is 4.88. The molecule has 0 amide bonds. The van der Waals surface area contributed by atoms with Crippen LogP contribution in [0.5, 0.6) is 0 Å². The van der Waals surface area contributed by atoms with Crippen LogP contribution in [0.2, 0.25) is 0 Å². The van der Waals surface area contributed by atoms with Gasteiger partial charge in [0.05, 0.1) is 23.5 Å². The van der Waals surface area contributed by atoms with Crippen LogP contribution in [0.1, 0.15) is 49.9 Å². The third-order valence-electron chi connectivity index (χ3n) is 3.90. The summed E-state index contributed by atoms with van der Waals surface area (Å²) < 4.78 is 5.06. The number of hydrogen-bond acceptors (Lipinski definition) is 4. The van der Waals surface area contributed by atoms with Crippen molar-refractivity contribution in [1.29, 1.82) is 0 Å². The smallest absolute Gasteiger partial charge is 0.338 e. The van der Waals surface area contributed by atoms with E-state index in [1.165, 1.54) is 25.7 Å². The van der Waals surface area contributed by atoms with Crippen LogP contribution in [0.25, 0.3) is 0 Å². The van der Waals surface area contributed by atoms with Gasteiger partial charge in [0.15, 0.2) is 0 Å². The maximum absolute atomic E-state index is 11.9. The predicted molar refractivity (Wildman–Crippen MR) is 82.1 cm³/mol. The van der Waals surface area contributed by atoms with E-state index >= 15 is 0 Å². The molecule has 0 saturated carbocycles. The Bertz CT molecular complexity index is 474. The van der Waals surface area contributed by atoms with Gasteiger partial charge < -0.3 is 15.4 Å². The lowest BCUT2D eigenvalue weighted by molar-refractivity contribution is 0.0526. The highest BCUT2D eigenvalue weighted by atomic mass is 16.5. The zero-order valence-electron chi connectivity index (χ0n) is 12.4. The van der Waals surface area contributed by atoms with E-state index in [9.17, 15) is 4.79 Å². The summed E-state index contributed by atoms with van der Waals surface area (Å²) in [6, 6.07) is 5.87. The maximum atomic E-state index is 11.9. The van der Waals surface area contributed by atoms with Crippen LogP contribution in [0.4, 0.5) is 11.4 Å². The molecule has 20 heavy (non-hydrogen) atoms. The van der Waals surface area contributed by atoms with Crippen LogP contribution < -0.4 is 10.6 Å². The summed E-state index contributed by atoms with van der Waals surface area (Å²) in [7, 11) is 0. The molecule has 1 heterocycles. The Labute approximate surface area is 120 Å². The summed E-state index contributed by atoms with van der Waals surface area (Å²) in [4.78, 5) is 14.2. The highest BCUT2D eigenvalue weighted by Gasteiger charge is 2.20. The van der Waals surface area contributed by atoms with Crippen LogP contribution in [0, 0.1) is 0 Å². The van der Waals surface area contributed by atoms with Gasteiger partial charge in [-0.1, -0.05) is 12.8 Å². The Morgan fingerprint density at radius 3 is 2.95 bits per heavy atom.